The molecule has 2 saturated heterocycles. The molecule has 6 rings (SSSR count). The highest BCUT2D eigenvalue weighted by atomic mass is 35.5. The van der Waals surface area contributed by atoms with Crippen molar-refractivity contribution in [2.24, 2.45) is 7.05 Å². The molecular formula is C25H22Cl2F2N6O4. The van der Waals surface area contributed by atoms with Gasteiger partial charge in [0.2, 0.25) is 5.28 Å². The second-order valence-corrected chi connectivity index (χ2v) is 10.5. The third-order valence-corrected chi connectivity index (χ3v) is 8.19. The van der Waals surface area contributed by atoms with Gasteiger partial charge < -0.3 is 15.2 Å². The predicted octanol–water partition coefficient (Wildman–Crippen LogP) is 4.31. The van der Waals surface area contributed by atoms with E-state index < -0.39 is 40.9 Å². The average molecular weight is 579 g/mol. The van der Waals surface area contributed by atoms with Crippen molar-refractivity contribution in [1.82, 2.24) is 30.0 Å². The van der Waals surface area contributed by atoms with Crippen molar-refractivity contribution >= 4 is 51.1 Å². The summed E-state index contributed by atoms with van der Waals surface area (Å²) in [6.45, 7) is 2.12. The molecule has 1 amide bonds. The molecule has 0 spiro atoms. The number of ether oxygens (including phenoxy) is 1. The highest BCUT2D eigenvalue weighted by Gasteiger charge is 2.47. The number of nitrogens with zero attached hydrogens (tertiary/aromatic N) is 4. The van der Waals surface area contributed by atoms with Crippen LogP contribution in [0.3, 0.4) is 0 Å². The number of halogens is 4. The second kappa shape index (κ2) is 9.32. The molecule has 10 nitrogen and oxygen atoms in total. The molecule has 0 aliphatic carbocycles. The van der Waals surface area contributed by atoms with Gasteiger partial charge in [-0.1, -0.05) is 11.6 Å². The van der Waals surface area contributed by atoms with Crippen molar-refractivity contribution < 1.29 is 23.4 Å². The van der Waals surface area contributed by atoms with Crippen molar-refractivity contribution in [2.75, 3.05) is 6.54 Å². The van der Waals surface area contributed by atoms with Crippen molar-refractivity contribution in [3.05, 3.63) is 50.6 Å². The Hall–Kier alpha value is -3.48. The van der Waals surface area contributed by atoms with E-state index in [0.29, 0.717) is 24.8 Å². The molecule has 2 aromatic heterocycles. The van der Waals surface area contributed by atoms with Crippen LogP contribution >= 0.6 is 23.2 Å². The number of fused-ring (bicyclic) bond motifs is 4. The van der Waals surface area contributed by atoms with Crippen LogP contribution in [0.1, 0.15) is 19.8 Å². The molecule has 0 radical (unpaired) electrons. The van der Waals surface area contributed by atoms with E-state index in [1.807, 2.05) is 0 Å². The van der Waals surface area contributed by atoms with Gasteiger partial charge in [0.05, 0.1) is 28.8 Å². The Labute approximate surface area is 229 Å². The Morgan fingerprint density at radius 3 is 2.77 bits per heavy atom. The van der Waals surface area contributed by atoms with Crippen LogP contribution in [0.5, 0.6) is 5.75 Å². The fraction of sp³-hybridized carbons (Fsp3) is 0.360. The van der Waals surface area contributed by atoms with Crippen LogP contribution in [0.2, 0.25) is 10.3 Å². The number of amides is 1. The number of hydrogen-bond donors (Lipinski definition) is 3. The smallest absolute Gasteiger partial charge is 0.407 e. The maximum atomic E-state index is 16.2. The molecule has 2 fully saturated rings. The Morgan fingerprint density at radius 1 is 1.26 bits per heavy atom. The Kier molecular flexibility index (Phi) is 6.16. The zero-order valence-electron chi connectivity index (χ0n) is 20.6. The molecule has 4 heterocycles. The van der Waals surface area contributed by atoms with Gasteiger partial charge in [0.1, 0.15) is 22.8 Å². The fourth-order valence-corrected chi connectivity index (χ4v) is 6.46. The van der Waals surface area contributed by atoms with Gasteiger partial charge in [0.25, 0.3) is 5.56 Å². The van der Waals surface area contributed by atoms with Crippen LogP contribution in [0.15, 0.2) is 23.1 Å². The summed E-state index contributed by atoms with van der Waals surface area (Å²) < 4.78 is 39.2. The van der Waals surface area contributed by atoms with Gasteiger partial charge in [-0.3, -0.25) is 19.4 Å². The minimum atomic E-state index is -1.05. The number of benzene rings is 2. The van der Waals surface area contributed by atoms with Crippen LogP contribution in [0.4, 0.5) is 13.6 Å². The molecule has 2 bridgehead atoms. The molecule has 14 heteroatoms. The average Bonchev–Trinajstić information content (AvgIpc) is 3.40. The first kappa shape index (κ1) is 25.8. The van der Waals surface area contributed by atoms with E-state index in [0.717, 1.165) is 0 Å². The summed E-state index contributed by atoms with van der Waals surface area (Å²) in [5, 5.41) is 16.7. The molecular weight excluding hydrogens is 557 g/mol. The van der Waals surface area contributed by atoms with E-state index in [2.05, 4.69) is 20.4 Å². The number of aryl methyl sites for hydroxylation is 1. The number of nitrogens with one attached hydrogen (secondary N) is 2. The number of carbonyl (C=O) groups is 1. The second-order valence-electron chi connectivity index (χ2n) is 9.79. The van der Waals surface area contributed by atoms with E-state index >= 15 is 8.78 Å². The number of hydrogen-bond acceptors (Lipinski definition) is 6. The summed E-state index contributed by atoms with van der Waals surface area (Å²) >= 11 is 12.7. The summed E-state index contributed by atoms with van der Waals surface area (Å²) in [5.74, 6) is -2.05. The van der Waals surface area contributed by atoms with Crippen molar-refractivity contribution in [3.8, 4) is 16.9 Å². The van der Waals surface area contributed by atoms with Crippen LogP contribution in [0, 0.1) is 11.6 Å². The number of aromatic amines is 1. The lowest BCUT2D eigenvalue weighted by atomic mass is 9.98. The van der Waals surface area contributed by atoms with E-state index in [4.69, 9.17) is 27.9 Å². The van der Waals surface area contributed by atoms with Gasteiger partial charge in [-0.15, -0.1) is 0 Å². The van der Waals surface area contributed by atoms with Gasteiger partial charge in [-0.2, -0.15) is 5.10 Å². The first-order valence-corrected chi connectivity index (χ1v) is 13.0. The minimum absolute atomic E-state index is 0.144. The molecule has 2 aliphatic heterocycles. The van der Waals surface area contributed by atoms with E-state index in [1.165, 1.54) is 27.9 Å². The Bertz CT molecular complexity index is 1730. The third kappa shape index (κ3) is 3.92. The SMILES string of the molecule is C[C@H](Oc1c(Cl)c(-c2c(F)ccc3cnn(C)c23)c(F)c2nc(Cl)[nH]c(=O)c12)[C@H]1NC[C@H]2CC[C@@H]1N2C(=O)O. The highest BCUT2D eigenvalue weighted by Crippen LogP contribution is 2.46. The van der Waals surface area contributed by atoms with Crippen LogP contribution in [-0.4, -0.2) is 66.6 Å². The number of aromatic nitrogens is 4. The van der Waals surface area contributed by atoms with Gasteiger partial charge in [-0.25, -0.2) is 18.6 Å². The predicted molar refractivity (Wildman–Crippen MR) is 141 cm³/mol. The maximum absolute atomic E-state index is 16.2. The Morgan fingerprint density at radius 2 is 2.03 bits per heavy atom. The summed E-state index contributed by atoms with van der Waals surface area (Å²) in [5.41, 5.74) is -1.53. The molecule has 2 aliphatic rings. The number of piperazine rings is 1. The molecule has 4 aromatic rings. The first-order chi connectivity index (χ1) is 18.6. The van der Waals surface area contributed by atoms with Crippen LogP contribution < -0.4 is 15.6 Å². The van der Waals surface area contributed by atoms with Gasteiger partial charge >= 0.3 is 6.09 Å². The summed E-state index contributed by atoms with van der Waals surface area (Å²) in [6, 6.07) is 1.69. The third-order valence-electron chi connectivity index (χ3n) is 7.65. The molecule has 2 aromatic carbocycles. The maximum Gasteiger partial charge on any atom is 0.407 e. The van der Waals surface area contributed by atoms with Gasteiger partial charge in [-0.05, 0) is 43.5 Å². The fourth-order valence-electron chi connectivity index (χ4n) is 5.97. The normalized spacial score (nSPS) is 21.6. The van der Waals surface area contributed by atoms with Crippen LogP contribution in [-0.2, 0) is 7.05 Å². The van der Waals surface area contributed by atoms with Crippen molar-refractivity contribution in [2.45, 2.75) is 44.0 Å². The van der Waals surface area contributed by atoms with Crippen LogP contribution in [0.25, 0.3) is 32.9 Å². The first-order valence-electron chi connectivity index (χ1n) is 12.2. The van der Waals surface area contributed by atoms with Gasteiger partial charge in [0, 0.05) is 36.1 Å². The highest BCUT2D eigenvalue weighted by molar-refractivity contribution is 6.36. The Balaban J connectivity index is 1.56. The summed E-state index contributed by atoms with van der Waals surface area (Å²) in [7, 11) is 1.58. The lowest BCUT2D eigenvalue weighted by molar-refractivity contribution is 0.0558. The van der Waals surface area contributed by atoms with E-state index in [-0.39, 0.29) is 50.2 Å². The monoisotopic (exact) mass is 578 g/mol. The molecule has 3 N–H and O–H groups in total. The topological polar surface area (TPSA) is 125 Å². The zero-order valence-corrected chi connectivity index (χ0v) is 22.1. The summed E-state index contributed by atoms with van der Waals surface area (Å²) in [6.07, 6.45) is 1.07. The standard InChI is InChI=1S/C25H22Cl2F2N6O4/c1-9(19-13-6-4-11(8-30-19)35(13)25(37)38)39-22-16-20(32-24(27)33-23(16)36)18(29)15(17(22)26)14-12(28)5-3-10-7-31-34(2)21(10)14/h3,5,7,9,11,13,19,30H,4,6,8H2,1-2H3,(H,37,38)(H,32,33,36)/t9-,11+,13-,19+/m0/s1. The quantitative estimate of drug-likeness (QED) is 0.308. The summed E-state index contributed by atoms with van der Waals surface area (Å²) in [4.78, 5) is 32.7. The molecule has 39 heavy (non-hydrogen) atoms. The lowest BCUT2D eigenvalue weighted by Gasteiger charge is -2.41. The van der Waals surface area contributed by atoms with E-state index in [1.54, 1.807) is 14.0 Å². The van der Waals surface area contributed by atoms with Crippen molar-refractivity contribution in [3.63, 3.8) is 0 Å². The largest absolute Gasteiger partial charge is 0.486 e. The molecule has 0 saturated carbocycles. The zero-order chi connectivity index (χ0) is 27.7. The van der Waals surface area contributed by atoms with Gasteiger partial charge in [0.15, 0.2) is 11.6 Å². The molecule has 204 valence electrons. The van der Waals surface area contributed by atoms with Crippen molar-refractivity contribution in [1.29, 1.82) is 0 Å². The molecule has 4 atom stereocenters. The van der Waals surface area contributed by atoms with E-state index in [9.17, 15) is 14.7 Å². The number of rotatable bonds is 4. The number of carboxylic acid groups (broad SMARTS) is 1. The molecule has 0 unspecified atom stereocenters. The minimum Gasteiger partial charge on any atom is -0.486 e. The lowest BCUT2D eigenvalue weighted by Crippen LogP contribution is -2.63. The number of H-pyrrole nitrogens is 1.